The van der Waals surface area contributed by atoms with Gasteiger partial charge in [-0.2, -0.15) is 0 Å². The van der Waals surface area contributed by atoms with Crippen molar-refractivity contribution in [3.05, 3.63) is 95.9 Å². The van der Waals surface area contributed by atoms with Crippen molar-refractivity contribution in [1.82, 2.24) is 4.90 Å². The monoisotopic (exact) mass is 428 g/mol. The van der Waals surface area contributed by atoms with Gasteiger partial charge < -0.3 is 16.0 Å². The highest BCUT2D eigenvalue weighted by atomic mass is 19.1. The van der Waals surface area contributed by atoms with E-state index in [1.165, 1.54) is 17.7 Å². The zero-order valence-electron chi connectivity index (χ0n) is 17.6. The van der Waals surface area contributed by atoms with Crippen LogP contribution in [0.2, 0.25) is 0 Å². The van der Waals surface area contributed by atoms with E-state index in [9.17, 15) is 9.18 Å². The van der Waals surface area contributed by atoms with E-state index < -0.39 is 0 Å². The molecule has 1 saturated heterocycles. The maximum atomic E-state index is 13.4. The number of carbonyl (C=O) groups is 1. The maximum absolute atomic E-state index is 13.4. The highest BCUT2D eigenvalue weighted by Gasteiger charge is 2.24. The summed E-state index contributed by atoms with van der Waals surface area (Å²) < 4.78 is 13.4. The van der Waals surface area contributed by atoms with Crippen molar-refractivity contribution in [1.29, 1.82) is 0 Å². The molecule has 0 saturated carbocycles. The van der Waals surface area contributed by atoms with E-state index in [0.717, 1.165) is 37.4 Å². The van der Waals surface area contributed by atoms with Gasteiger partial charge in [0.2, 0.25) is 0 Å². The summed E-state index contributed by atoms with van der Waals surface area (Å²) >= 11 is 0. The predicted octanol–water partition coefficient (Wildman–Crippen LogP) is 4.92. The van der Waals surface area contributed by atoms with Gasteiger partial charge in [0.05, 0.1) is 11.3 Å². The molecule has 0 spiro atoms. The molecule has 2 aliphatic rings. The fraction of sp³-hybridized carbons (Fsp3) is 0.192. The molecule has 2 heterocycles. The zero-order valence-corrected chi connectivity index (χ0v) is 17.6. The van der Waals surface area contributed by atoms with E-state index in [0.29, 0.717) is 22.9 Å². The Hall–Kier alpha value is -3.64. The topological polar surface area (TPSA) is 56.4 Å². The van der Waals surface area contributed by atoms with E-state index in [4.69, 9.17) is 0 Å². The van der Waals surface area contributed by atoms with E-state index in [-0.39, 0.29) is 11.7 Å². The van der Waals surface area contributed by atoms with Gasteiger partial charge in [0, 0.05) is 48.8 Å². The molecular formula is C26H25FN4O. The predicted molar refractivity (Wildman–Crippen MR) is 127 cm³/mol. The minimum Gasteiger partial charge on any atom is -0.381 e. The lowest BCUT2D eigenvalue weighted by atomic mass is 10.1. The number of nitrogens with one attached hydrogen (secondary N) is 3. The summed E-state index contributed by atoms with van der Waals surface area (Å²) in [5, 5.41) is 9.49. The molecule has 5 nitrogen and oxygen atoms in total. The molecule has 3 aromatic carbocycles. The Morgan fingerprint density at radius 3 is 2.62 bits per heavy atom. The molecule has 0 aliphatic carbocycles. The Morgan fingerprint density at radius 2 is 1.81 bits per heavy atom. The van der Waals surface area contributed by atoms with Crippen molar-refractivity contribution in [3.63, 3.8) is 0 Å². The van der Waals surface area contributed by atoms with Gasteiger partial charge in [-0.3, -0.25) is 9.69 Å². The zero-order chi connectivity index (χ0) is 21.9. The quantitative estimate of drug-likeness (QED) is 0.488. The second kappa shape index (κ2) is 8.85. The smallest absolute Gasteiger partial charge is 0.257 e. The van der Waals surface area contributed by atoms with Crippen LogP contribution < -0.4 is 16.0 Å². The highest BCUT2D eigenvalue weighted by molar-refractivity contribution is 6.31. The number of amides is 1. The Morgan fingerprint density at radius 1 is 1.03 bits per heavy atom. The van der Waals surface area contributed by atoms with Gasteiger partial charge in [-0.05, 0) is 54.4 Å². The van der Waals surface area contributed by atoms with Crippen LogP contribution in [0.5, 0.6) is 0 Å². The van der Waals surface area contributed by atoms with Gasteiger partial charge in [-0.1, -0.05) is 30.3 Å². The van der Waals surface area contributed by atoms with Gasteiger partial charge in [0.15, 0.2) is 0 Å². The molecule has 5 rings (SSSR count). The first kappa shape index (κ1) is 20.3. The minimum atomic E-state index is -0.369. The fourth-order valence-electron chi connectivity index (χ4n) is 4.30. The van der Waals surface area contributed by atoms with Crippen molar-refractivity contribution < 1.29 is 9.18 Å². The van der Waals surface area contributed by atoms with Crippen LogP contribution in [-0.4, -0.2) is 29.9 Å². The van der Waals surface area contributed by atoms with Crippen LogP contribution in [0, 0.1) is 5.82 Å². The molecule has 6 heteroatoms. The summed E-state index contributed by atoms with van der Waals surface area (Å²) in [6.45, 7) is 3.10. The Labute approximate surface area is 187 Å². The molecule has 1 fully saturated rings. The molecule has 0 bridgehead atoms. The third-order valence-corrected chi connectivity index (χ3v) is 5.92. The molecule has 2 aliphatic heterocycles. The van der Waals surface area contributed by atoms with Gasteiger partial charge in [-0.25, -0.2) is 4.39 Å². The number of carbonyl (C=O) groups excluding carboxylic acids is 1. The average Bonchev–Trinajstić information content (AvgIpc) is 3.36. The Kier molecular flexibility index (Phi) is 5.60. The standard InChI is InChI=1S/C26H25FN4O/c27-19-6-11-23-24(26(32)30-25(23)14-19)15-28-20-7-9-21(10-8-20)29-22-12-13-31(17-22)16-18-4-2-1-3-5-18/h1-11,14-15,22,28-29H,12-13,16-17H2,(H,30,32). The van der Waals surface area contributed by atoms with Crippen molar-refractivity contribution >= 4 is 28.5 Å². The van der Waals surface area contributed by atoms with Crippen molar-refractivity contribution in [2.75, 3.05) is 29.0 Å². The summed E-state index contributed by atoms with van der Waals surface area (Å²) in [6, 6.07) is 23.4. The van der Waals surface area contributed by atoms with Crippen molar-refractivity contribution in [3.8, 4) is 0 Å². The average molecular weight is 429 g/mol. The van der Waals surface area contributed by atoms with E-state index in [2.05, 4.69) is 51.2 Å². The second-order valence-electron chi connectivity index (χ2n) is 8.27. The summed E-state index contributed by atoms with van der Waals surface area (Å²) in [6.07, 6.45) is 2.79. The summed E-state index contributed by atoms with van der Waals surface area (Å²) in [5.74, 6) is -0.607. The number of anilines is 3. The van der Waals surface area contributed by atoms with E-state index in [1.807, 2.05) is 24.3 Å². The minimum absolute atomic E-state index is 0.238. The Balaban J connectivity index is 1.17. The largest absolute Gasteiger partial charge is 0.381 e. The number of nitrogens with zero attached hydrogens (tertiary/aromatic N) is 1. The molecule has 1 atom stereocenters. The first-order chi connectivity index (χ1) is 15.6. The molecule has 0 radical (unpaired) electrons. The molecular weight excluding hydrogens is 403 g/mol. The summed E-state index contributed by atoms with van der Waals surface area (Å²) in [4.78, 5) is 14.7. The van der Waals surface area contributed by atoms with Crippen molar-refractivity contribution in [2.45, 2.75) is 19.0 Å². The fourth-order valence-corrected chi connectivity index (χ4v) is 4.30. The number of rotatable bonds is 6. The van der Waals surface area contributed by atoms with Gasteiger partial charge in [0.1, 0.15) is 5.82 Å². The SMILES string of the molecule is O=C1Nc2cc(F)ccc2C1=CNc1ccc(NC2CCN(Cc3ccccc3)C2)cc1. The van der Waals surface area contributed by atoms with Crippen LogP contribution in [0.1, 0.15) is 17.5 Å². The molecule has 3 N–H and O–H groups in total. The summed E-state index contributed by atoms with van der Waals surface area (Å²) in [5.41, 5.74) is 5.00. The van der Waals surface area contributed by atoms with Crippen LogP contribution >= 0.6 is 0 Å². The van der Waals surface area contributed by atoms with E-state index >= 15 is 0 Å². The van der Waals surface area contributed by atoms with Crippen LogP contribution in [0.15, 0.2) is 79.0 Å². The van der Waals surface area contributed by atoms with Crippen molar-refractivity contribution in [2.24, 2.45) is 0 Å². The number of hydrogen-bond acceptors (Lipinski definition) is 4. The number of halogens is 1. The molecule has 1 amide bonds. The Bertz CT molecular complexity index is 1140. The maximum Gasteiger partial charge on any atom is 0.257 e. The molecule has 162 valence electrons. The number of hydrogen-bond donors (Lipinski definition) is 3. The molecule has 1 unspecified atom stereocenters. The summed E-state index contributed by atoms with van der Waals surface area (Å²) in [7, 11) is 0. The van der Waals surface area contributed by atoms with Crippen LogP contribution in [0.3, 0.4) is 0 Å². The third kappa shape index (κ3) is 4.50. The van der Waals surface area contributed by atoms with Crippen LogP contribution in [0.25, 0.3) is 5.57 Å². The lowest BCUT2D eigenvalue weighted by Gasteiger charge is -2.17. The number of fused-ring (bicyclic) bond motifs is 1. The van der Waals surface area contributed by atoms with Crippen LogP contribution in [0.4, 0.5) is 21.5 Å². The second-order valence-corrected chi connectivity index (χ2v) is 8.27. The molecule has 3 aromatic rings. The van der Waals surface area contributed by atoms with Crippen LogP contribution in [-0.2, 0) is 11.3 Å². The van der Waals surface area contributed by atoms with Gasteiger partial charge >= 0.3 is 0 Å². The molecule has 32 heavy (non-hydrogen) atoms. The van der Waals surface area contributed by atoms with E-state index in [1.54, 1.807) is 12.3 Å². The first-order valence-electron chi connectivity index (χ1n) is 10.8. The highest BCUT2D eigenvalue weighted by Crippen LogP contribution is 2.32. The normalized spacial score (nSPS) is 19.1. The van der Waals surface area contributed by atoms with Gasteiger partial charge in [-0.15, -0.1) is 0 Å². The lowest BCUT2D eigenvalue weighted by Crippen LogP contribution is -2.25. The number of benzene rings is 3. The third-order valence-electron chi connectivity index (χ3n) is 5.92. The number of likely N-dealkylation sites (tertiary alicyclic amines) is 1. The van der Waals surface area contributed by atoms with Gasteiger partial charge in [0.25, 0.3) is 5.91 Å². The lowest BCUT2D eigenvalue weighted by molar-refractivity contribution is -0.110. The first-order valence-corrected chi connectivity index (χ1v) is 10.8. The molecule has 0 aromatic heterocycles.